The molecule has 1 heterocycles. The van der Waals surface area contributed by atoms with Crippen LogP contribution in [-0.4, -0.2) is 37.2 Å². The summed E-state index contributed by atoms with van der Waals surface area (Å²) in [4.78, 5) is 18.7. The number of carbonyl (C=O) groups excluding carboxylic acids is 1. The molecule has 1 aromatic rings. The lowest BCUT2D eigenvalue weighted by atomic mass is 9.98. The van der Waals surface area contributed by atoms with Crippen molar-refractivity contribution in [1.29, 1.82) is 0 Å². The van der Waals surface area contributed by atoms with Gasteiger partial charge in [0.2, 0.25) is 0 Å². The number of piperazine rings is 1. The molecule has 0 bridgehead atoms. The van der Waals surface area contributed by atoms with Gasteiger partial charge in [-0.05, 0) is 32.9 Å². The van der Waals surface area contributed by atoms with E-state index in [2.05, 4.69) is 0 Å². The molecule has 22 heavy (non-hydrogen) atoms. The summed E-state index contributed by atoms with van der Waals surface area (Å²) in [5.74, 6) is -1.69. The number of nitrogens with zero attached hydrogens (tertiary/aromatic N) is 2. The zero-order valence-corrected chi connectivity index (χ0v) is 13.0. The van der Waals surface area contributed by atoms with Crippen molar-refractivity contribution in [1.82, 2.24) is 5.06 Å². The zero-order valence-electron chi connectivity index (χ0n) is 13.0. The highest BCUT2D eigenvalue weighted by Crippen LogP contribution is 2.27. The van der Waals surface area contributed by atoms with E-state index < -0.39 is 17.0 Å². The van der Waals surface area contributed by atoms with E-state index in [4.69, 9.17) is 10.6 Å². The zero-order chi connectivity index (χ0) is 16.5. The van der Waals surface area contributed by atoms with Gasteiger partial charge in [0.25, 0.3) is 0 Å². The molecule has 1 saturated heterocycles. The molecule has 0 unspecified atom stereocenters. The molecule has 1 aliphatic heterocycles. The van der Waals surface area contributed by atoms with E-state index in [0.717, 1.165) is 12.1 Å². The summed E-state index contributed by atoms with van der Waals surface area (Å²) < 4.78 is 27.8. The third-order valence-corrected chi connectivity index (χ3v) is 3.42. The fourth-order valence-electron chi connectivity index (χ4n) is 2.14. The van der Waals surface area contributed by atoms with Gasteiger partial charge in [-0.2, -0.15) is 0 Å². The van der Waals surface area contributed by atoms with Crippen molar-refractivity contribution in [3.63, 3.8) is 0 Å². The van der Waals surface area contributed by atoms with Crippen LogP contribution in [0.15, 0.2) is 12.1 Å². The van der Waals surface area contributed by atoms with E-state index in [-0.39, 0.29) is 17.3 Å². The Kier molecular flexibility index (Phi) is 4.55. The molecule has 0 aromatic heterocycles. The van der Waals surface area contributed by atoms with Crippen LogP contribution in [0.1, 0.15) is 20.8 Å². The maximum Gasteiger partial charge on any atom is 0.330 e. The number of hydrogen-bond donors (Lipinski definition) is 1. The molecule has 5 nitrogen and oxygen atoms in total. The Morgan fingerprint density at radius 3 is 2.09 bits per heavy atom. The largest absolute Gasteiger partial charge is 0.399 e. The van der Waals surface area contributed by atoms with E-state index >= 15 is 0 Å². The molecule has 0 amide bonds. The van der Waals surface area contributed by atoms with Crippen molar-refractivity contribution in [3.8, 4) is 0 Å². The van der Waals surface area contributed by atoms with Crippen LogP contribution >= 0.6 is 0 Å². The van der Waals surface area contributed by atoms with Crippen LogP contribution in [0.2, 0.25) is 0 Å². The highest BCUT2D eigenvalue weighted by atomic mass is 19.1. The molecule has 1 aromatic carbocycles. The first-order valence-corrected chi connectivity index (χ1v) is 7.15. The van der Waals surface area contributed by atoms with Gasteiger partial charge in [-0.15, -0.1) is 5.06 Å². The summed E-state index contributed by atoms with van der Waals surface area (Å²) in [6.07, 6.45) is 0. The molecule has 122 valence electrons. The standard InChI is InChI=1S/C15H21F2N3O2/c1-15(2,3)14(21)22-20-6-4-19(5-7-20)13-11(16)8-10(18)9-12(13)17/h8-9H,4-7,18H2,1-3H3. The molecular weight excluding hydrogens is 292 g/mol. The SMILES string of the molecule is CC(C)(C)C(=O)ON1CCN(c2c(F)cc(N)cc2F)CC1. The second kappa shape index (κ2) is 6.08. The van der Waals surface area contributed by atoms with Gasteiger partial charge < -0.3 is 15.5 Å². The number of hydrogen-bond acceptors (Lipinski definition) is 5. The van der Waals surface area contributed by atoms with Gasteiger partial charge in [0.15, 0.2) is 11.6 Å². The topological polar surface area (TPSA) is 58.8 Å². The van der Waals surface area contributed by atoms with Crippen molar-refractivity contribution < 1.29 is 18.4 Å². The minimum atomic E-state index is -0.683. The van der Waals surface area contributed by atoms with Crippen LogP contribution in [-0.2, 0) is 9.63 Å². The quantitative estimate of drug-likeness (QED) is 0.848. The number of rotatable bonds is 2. The molecular formula is C15H21F2N3O2. The van der Waals surface area contributed by atoms with Crippen LogP contribution in [0.4, 0.5) is 20.2 Å². The lowest BCUT2D eigenvalue weighted by molar-refractivity contribution is -0.201. The average molecular weight is 313 g/mol. The molecule has 0 atom stereocenters. The maximum absolute atomic E-state index is 13.9. The number of benzene rings is 1. The smallest absolute Gasteiger partial charge is 0.330 e. The number of carbonyl (C=O) groups is 1. The molecule has 2 rings (SSSR count). The van der Waals surface area contributed by atoms with Gasteiger partial charge in [0.05, 0.1) is 18.5 Å². The van der Waals surface area contributed by atoms with Gasteiger partial charge in [-0.1, -0.05) is 0 Å². The van der Waals surface area contributed by atoms with Gasteiger partial charge in [-0.3, -0.25) is 0 Å². The van der Waals surface area contributed by atoms with Crippen molar-refractivity contribution >= 4 is 17.3 Å². The molecule has 0 saturated carbocycles. The molecule has 0 radical (unpaired) electrons. The maximum atomic E-state index is 13.9. The molecule has 1 aliphatic rings. The molecule has 2 N–H and O–H groups in total. The second-order valence-electron chi connectivity index (χ2n) is 6.38. The van der Waals surface area contributed by atoms with E-state index in [1.807, 2.05) is 0 Å². The average Bonchev–Trinajstić information content (AvgIpc) is 2.38. The molecule has 1 fully saturated rings. The first-order valence-electron chi connectivity index (χ1n) is 7.15. The van der Waals surface area contributed by atoms with E-state index in [1.54, 1.807) is 25.7 Å². The third kappa shape index (κ3) is 3.65. The predicted molar refractivity (Wildman–Crippen MR) is 80.1 cm³/mol. The first-order chi connectivity index (χ1) is 10.2. The Morgan fingerprint density at radius 1 is 1.14 bits per heavy atom. The highest BCUT2D eigenvalue weighted by Gasteiger charge is 2.29. The Bertz CT molecular complexity index is 541. The molecule has 0 aliphatic carbocycles. The van der Waals surface area contributed by atoms with Crippen LogP contribution in [0.3, 0.4) is 0 Å². The van der Waals surface area contributed by atoms with Crippen molar-refractivity contribution in [2.24, 2.45) is 5.41 Å². The summed E-state index contributed by atoms with van der Waals surface area (Å²) in [5.41, 5.74) is 4.79. The van der Waals surface area contributed by atoms with Crippen molar-refractivity contribution in [2.75, 3.05) is 36.8 Å². The lowest BCUT2D eigenvalue weighted by Crippen LogP contribution is -2.48. The van der Waals surface area contributed by atoms with Crippen LogP contribution in [0, 0.1) is 17.0 Å². The summed E-state index contributed by atoms with van der Waals surface area (Å²) in [6.45, 7) is 6.78. The van der Waals surface area contributed by atoms with E-state index in [9.17, 15) is 13.6 Å². The first kappa shape index (κ1) is 16.5. The number of nitrogens with two attached hydrogens (primary N) is 1. The Balaban J connectivity index is 2.00. The number of nitrogen functional groups attached to an aromatic ring is 1. The van der Waals surface area contributed by atoms with Gasteiger partial charge in [0, 0.05) is 18.8 Å². The minimum absolute atomic E-state index is 0.0523. The van der Waals surface area contributed by atoms with Gasteiger partial charge in [-0.25, -0.2) is 13.6 Å². The van der Waals surface area contributed by atoms with E-state index in [0.29, 0.717) is 26.2 Å². The Labute approximate surface area is 128 Å². The van der Waals surface area contributed by atoms with Gasteiger partial charge >= 0.3 is 5.97 Å². The fraction of sp³-hybridized carbons (Fsp3) is 0.533. The third-order valence-electron chi connectivity index (χ3n) is 3.42. The van der Waals surface area contributed by atoms with Crippen molar-refractivity contribution in [3.05, 3.63) is 23.8 Å². The van der Waals surface area contributed by atoms with E-state index in [1.165, 1.54) is 5.06 Å². The summed E-state index contributed by atoms with van der Waals surface area (Å²) in [7, 11) is 0. The second-order valence-corrected chi connectivity index (χ2v) is 6.38. The summed E-state index contributed by atoms with van der Waals surface area (Å²) in [5, 5.41) is 1.52. The number of hydroxylamine groups is 2. The Morgan fingerprint density at radius 2 is 1.64 bits per heavy atom. The highest BCUT2D eigenvalue weighted by molar-refractivity contribution is 5.75. The minimum Gasteiger partial charge on any atom is -0.399 e. The normalized spacial score (nSPS) is 16.7. The molecule has 0 spiro atoms. The summed E-state index contributed by atoms with van der Waals surface area (Å²) in [6, 6.07) is 2.20. The molecule has 7 heteroatoms. The van der Waals surface area contributed by atoms with Crippen LogP contribution in [0.5, 0.6) is 0 Å². The summed E-state index contributed by atoms with van der Waals surface area (Å²) >= 11 is 0. The van der Waals surface area contributed by atoms with Gasteiger partial charge in [0.1, 0.15) is 5.69 Å². The van der Waals surface area contributed by atoms with Crippen LogP contribution < -0.4 is 10.6 Å². The predicted octanol–water partition coefficient (Wildman–Crippen LogP) is 2.17. The Hall–Kier alpha value is -1.89. The van der Waals surface area contributed by atoms with Crippen LogP contribution in [0.25, 0.3) is 0 Å². The fourth-order valence-corrected chi connectivity index (χ4v) is 2.14. The van der Waals surface area contributed by atoms with Crippen molar-refractivity contribution in [2.45, 2.75) is 20.8 Å². The number of anilines is 2. The lowest BCUT2D eigenvalue weighted by Gasteiger charge is -2.36. The monoisotopic (exact) mass is 313 g/mol. The number of halogens is 2.